The van der Waals surface area contributed by atoms with Crippen LogP contribution < -0.4 is 0 Å². The smallest absolute Gasteiger partial charge is 0.130 e. The highest BCUT2D eigenvalue weighted by Gasteiger charge is 2.24. The molecular formula is C11H14O2. The molecule has 0 fully saturated rings. The number of carbonyl (C=O) groups is 1. The third-order valence-electron chi connectivity index (χ3n) is 2.32. The summed E-state index contributed by atoms with van der Waals surface area (Å²) < 4.78 is 0. The number of aldehydes is 1. The first-order valence-corrected chi connectivity index (χ1v) is 4.35. The van der Waals surface area contributed by atoms with Gasteiger partial charge in [0.25, 0.3) is 0 Å². The molecule has 0 bridgehead atoms. The van der Waals surface area contributed by atoms with Gasteiger partial charge in [-0.2, -0.15) is 0 Å². The summed E-state index contributed by atoms with van der Waals surface area (Å²) in [5.74, 6) is 0. The Labute approximate surface area is 78.2 Å². The quantitative estimate of drug-likeness (QED) is 0.710. The third-order valence-corrected chi connectivity index (χ3v) is 2.32. The Kier molecular flexibility index (Phi) is 3.20. The van der Waals surface area contributed by atoms with Gasteiger partial charge in [0.2, 0.25) is 0 Å². The van der Waals surface area contributed by atoms with E-state index in [0.717, 1.165) is 11.8 Å². The van der Waals surface area contributed by atoms with Crippen molar-refractivity contribution in [2.75, 3.05) is 6.61 Å². The standard InChI is InChI=1S/C11H14O2/c1-11(9-13,7-8-12)10-5-3-2-4-6-10/h2-6,9,12H,7-8H2,1H3. The predicted octanol–water partition coefficient (Wildman–Crippen LogP) is 1.53. The Bertz CT molecular complexity index is 269. The Balaban J connectivity index is 2.95. The lowest BCUT2D eigenvalue weighted by molar-refractivity contribution is -0.112. The molecule has 0 amide bonds. The zero-order chi connectivity index (χ0) is 9.73. The van der Waals surface area contributed by atoms with Gasteiger partial charge in [-0.05, 0) is 18.9 Å². The molecular weight excluding hydrogens is 164 g/mol. The van der Waals surface area contributed by atoms with Crippen LogP contribution in [0.4, 0.5) is 0 Å². The predicted molar refractivity (Wildman–Crippen MR) is 51.6 cm³/mol. The van der Waals surface area contributed by atoms with Gasteiger partial charge >= 0.3 is 0 Å². The summed E-state index contributed by atoms with van der Waals surface area (Å²) in [6, 6.07) is 9.52. The first-order chi connectivity index (χ1) is 6.23. The maximum atomic E-state index is 10.9. The minimum absolute atomic E-state index is 0.0319. The first-order valence-electron chi connectivity index (χ1n) is 4.35. The minimum Gasteiger partial charge on any atom is -0.396 e. The van der Waals surface area contributed by atoms with Crippen molar-refractivity contribution < 1.29 is 9.90 Å². The average Bonchev–Trinajstić information content (AvgIpc) is 2.19. The van der Waals surface area contributed by atoms with Crippen molar-refractivity contribution in [2.24, 2.45) is 0 Å². The Morgan fingerprint density at radius 1 is 1.38 bits per heavy atom. The topological polar surface area (TPSA) is 37.3 Å². The van der Waals surface area contributed by atoms with Crippen LogP contribution in [0, 0.1) is 0 Å². The molecule has 13 heavy (non-hydrogen) atoms. The summed E-state index contributed by atoms with van der Waals surface area (Å²) >= 11 is 0. The molecule has 1 N–H and O–H groups in total. The van der Waals surface area contributed by atoms with Gasteiger partial charge in [-0.25, -0.2) is 0 Å². The number of aliphatic hydroxyl groups excluding tert-OH is 1. The lowest BCUT2D eigenvalue weighted by Crippen LogP contribution is -2.25. The van der Waals surface area contributed by atoms with Crippen LogP contribution in [0.1, 0.15) is 18.9 Å². The molecule has 0 aliphatic carbocycles. The van der Waals surface area contributed by atoms with E-state index in [4.69, 9.17) is 5.11 Å². The van der Waals surface area contributed by atoms with Crippen LogP contribution in [0.2, 0.25) is 0 Å². The van der Waals surface area contributed by atoms with Crippen LogP contribution in [-0.2, 0) is 10.2 Å². The summed E-state index contributed by atoms with van der Waals surface area (Å²) in [6.07, 6.45) is 1.37. The van der Waals surface area contributed by atoms with Crippen molar-refractivity contribution in [1.82, 2.24) is 0 Å². The van der Waals surface area contributed by atoms with Gasteiger partial charge in [0, 0.05) is 6.61 Å². The summed E-state index contributed by atoms with van der Waals surface area (Å²) in [7, 11) is 0. The minimum atomic E-state index is -0.546. The molecule has 1 atom stereocenters. The molecule has 0 aliphatic rings. The van der Waals surface area contributed by atoms with Crippen molar-refractivity contribution in [3.63, 3.8) is 0 Å². The molecule has 0 heterocycles. The van der Waals surface area contributed by atoms with Crippen LogP contribution in [0.3, 0.4) is 0 Å². The fraction of sp³-hybridized carbons (Fsp3) is 0.364. The summed E-state index contributed by atoms with van der Waals surface area (Å²) in [6.45, 7) is 1.87. The zero-order valence-corrected chi connectivity index (χ0v) is 7.73. The van der Waals surface area contributed by atoms with E-state index in [0.29, 0.717) is 6.42 Å². The van der Waals surface area contributed by atoms with E-state index in [1.54, 1.807) is 0 Å². The van der Waals surface area contributed by atoms with Crippen LogP contribution in [0.25, 0.3) is 0 Å². The van der Waals surface area contributed by atoms with Gasteiger partial charge in [0.15, 0.2) is 0 Å². The summed E-state index contributed by atoms with van der Waals surface area (Å²) in [5.41, 5.74) is 0.412. The van der Waals surface area contributed by atoms with Crippen molar-refractivity contribution in [3.8, 4) is 0 Å². The maximum Gasteiger partial charge on any atom is 0.130 e. The fourth-order valence-electron chi connectivity index (χ4n) is 1.32. The molecule has 2 nitrogen and oxygen atoms in total. The van der Waals surface area contributed by atoms with E-state index in [-0.39, 0.29) is 6.61 Å². The Morgan fingerprint density at radius 2 is 2.00 bits per heavy atom. The molecule has 0 radical (unpaired) electrons. The van der Waals surface area contributed by atoms with E-state index in [1.165, 1.54) is 0 Å². The second-order valence-corrected chi connectivity index (χ2v) is 3.37. The normalized spacial score (nSPS) is 14.9. The largest absolute Gasteiger partial charge is 0.396 e. The molecule has 1 aromatic rings. The highest BCUT2D eigenvalue weighted by atomic mass is 16.3. The summed E-state index contributed by atoms with van der Waals surface area (Å²) in [4.78, 5) is 10.9. The molecule has 0 saturated heterocycles. The molecule has 0 spiro atoms. The molecule has 1 aromatic carbocycles. The zero-order valence-electron chi connectivity index (χ0n) is 7.73. The maximum absolute atomic E-state index is 10.9. The van der Waals surface area contributed by atoms with Crippen molar-refractivity contribution in [1.29, 1.82) is 0 Å². The highest BCUT2D eigenvalue weighted by molar-refractivity contribution is 5.67. The van der Waals surface area contributed by atoms with Crippen LogP contribution in [0.5, 0.6) is 0 Å². The molecule has 0 aromatic heterocycles. The second kappa shape index (κ2) is 4.19. The fourth-order valence-corrected chi connectivity index (χ4v) is 1.32. The van der Waals surface area contributed by atoms with E-state index in [9.17, 15) is 4.79 Å². The van der Waals surface area contributed by atoms with Gasteiger partial charge in [0.1, 0.15) is 6.29 Å². The van der Waals surface area contributed by atoms with Crippen molar-refractivity contribution in [2.45, 2.75) is 18.8 Å². The number of hydrogen-bond donors (Lipinski definition) is 1. The van der Waals surface area contributed by atoms with E-state index in [1.807, 2.05) is 37.3 Å². The van der Waals surface area contributed by atoms with Gasteiger partial charge < -0.3 is 9.90 Å². The number of rotatable bonds is 4. The second-order valence-electron chi connectivity index (χ2n) is 3.37. The SMILES string of the molecule is CC(C=O)(CCO)c1ccccc1. The Hall–Kier alpha value is -1.15. The number of aliphatic hydroxyl groups is 1. The van der Waals surface area contributed by atoms with E-state index < -0.39 is 5.41 Å². The first kappa shape index (κ1) is 9.93. The number of hydrogen-bond acceptors (Lipinski definition) is 2. The number of carbonyl (C=O) groups excluding carboxylic acids is 1. The van der Waals surface area contributed by atoms with E-state index >= 15 is 0 Å². The lowest BCUT2D eigenvalue weighted by atomic mass is 9.81. The van der Waals surface area contributed by atoms with Gasteiger partial charge in [-0.1, -0.05) is 30.3 Å². The van der Waals surface area contributed by atoms with Gasteiger partial charge in [-0.15, -0.1) is 0 Å². The van der Waals surface area contributed by atoms with Crippen LogP contribution in [0.15, 0.2) is 30.3 Å². The van der Waals surface area contributed by atoms with Crippen molar-refractivity contribution >= 4 is 6.29 Å². The third kappa shape index (κ3) is 2.16. The van der Waals surface area contributed by atoms with Crippen LogP contribution >= 0.6 is 0 Å². The highest BCUT2D eigenvalue weighted by Crippen LogP contribution is 2.24. The molecule has 2 heteroatoms. The van der Waals surface area contributed by atoms with E-state index in [2.05, 4.69) is 0 Å². The van der Waals surface area contributed by atoms with Gasteiger partial charge in [0.05, 0.1) is 5.41 Å². The van der Waals surface area contributed by atoms with Crippen molar-refractivity contribution in [3.05, 3.63) is 35.9 Å². The van der Waals surface area contributed by atoms with Crippen LogP contribution in [-0.4, -0.2) is 18.0 Å². The Morgan fingerprint density at radius 3 is 2.46 bits per heavy atom. The monoisotopic (exact) mass is 178 g/mol. The van der Waals surface area contributed by atoms with Gasteiger partial charge in [-0.3, -0.25) is 0 Å². The average molecular weight is 178 g/mol. The molecule has 1 unspecified atom stereocenters. The molecule has 70 valence electrons. The molecule has 1 rings (SSSR count). The molecule has 0 saturated carbocycles. The summed E-state index contributed by atoms with van der Waals surface area (Å²) in [5, 5.41) is 8.84. The number of benzene rings is 1. The molecule has 0 aliphatic heterocycles. The lowest BCUT2D eigenvalue weighted by Gasteiger charge is -2.22.